The number of halogens is 1. The van der Waals surface area contributed by atoms with Gasteiger partial charge in [-0.25, -0.2) is 18.1 Å². The van der Waals surface area contributed by atoms with Crippen LogP contribution in [0, 0.1) is 12.8 Å². The van der Waals surface area contributed by atoms with Crippen LogP contribution in [0.2, 0.25) is 5.02 Å². The molecule has 0 radical (unpaired) electrons. The standard InChI is InChI=1S/C27H30ClN3O4S/c1-20-29-26(27(32)30-36(33,34)15-14-21-8-4-2-5-9-21)18-31(20)17-23-12-13-24(16-25(23)28)35-19-22-10-6-3-7-11-22/h2,4-5,8-9,12-16,18,22H,3,6-7,10-11,17,19H2,1H3,(H,30,32). The highest BCUT2D eigenvalue weighted by Crippen LogP contribution is 2.27. The second-order valence-corrected chi connectivity index (χ2v) is 11.0. The largest absolute Gasteiger partial charge is 0.493 e. The molecule has 190 valence electrons. The van der Waals surface area contributed by atoms with E-state index in [9.17, 15) is 13.2 Å². The van der Waals surface area contributed by atoms with Crippen LogP contribution >= 0.6 is 11.6 Å². The second-order valence-electron chi connectivity index (χ2n) is 9.06. The van der Waals surface area contributed by atoms with E-state index in [2.05, 4.69) is 4.98 Å². The molecule has 0 bridgehead atoms. The Morgan fingerprint density at radius 1 is 1.17 bits per heavy atom. The molecule has 1 N–H and O–H groups in total. The molecule has 0 aliphatic heterocycles. The minimum atomic E-state index is -3.98. The van der Waals surface area contributed by atoms with Crippen LogP contribution < -0.4 is 9.46 Å². The normalized spacial score (nSPS) is 14.7. The van der Waals surface area contributed by atoms with E-state index in [1.807, 2.05) is 29.0 Å². The van der Waals surface area contributed by atoms with Crippen LogP contribution in [-0.4, -0.2) is 30.5 Å². The van der Waals surface area contributed by atoms with Crippen LogP contribution in [0.4, 0.5) is 0 Å². The molecule has 7 nitrogen and oxygen atoms in total. The third-order valence-corrected chi connectivity index (χ3v) is 7.57. The summed E-state index contributed by atoms with van der Waals surface area (Å²) in [4.78, 5) is 16.8. The first-order valence-electron chi connectivity index (χ1n) is 12.0. The van der Waals surface area contributed by atoms with Gasteiger partial charge in [0.05, 0.1) is 18.6 Å². The fourth-order valence-corrected chi connectivity index (χ4v) is 5.22. The third kappa shape index (κ3) is 7.21. The van der Waals surface area contributed by atoms with Crippen molar-refractivity contribution in [1.29, 1.82) is 0 Å². The average molecular weight is 528 g/mol. The number of imidazole rings is 1. The second kappa shape index (κ2) is 11.8. The number of rotatable bonds is 9. The quantitative estimate of drug-likeness (QED) is 0.392. The molecule has 1 amide bonds. The van der Waals surface area contributed by atoms with Gasteiger partial charge in [0, 0.05) is 11.2 Å². The van der Waals surface area contributed by atoms with E-state index < -0.39 is 15.9 Å². The van der Waals surface area contributed by atoms with Crippen molar-refractivity contribution in [2.75, 3.05) is 6.61 Å². The van der Waals surface area contributed by atoms with Crippen molar-refractivity contribution in [3.8, 4) is 5.75 Å². The molecule has 36 heavy (non-hydrogen) atoms. The number of nitrogens with one attached hydrogen (secondary N) is 1. The fraction of sp³-hybridized carbons (Fsp3) is 0.333. The number of hydrogen-bond donors (Lipinski definition) is 1. The van der Waals surface area contributed by atoms with E-state index in [4.69, 9.17) is 16.3 Å². The van der Waals surface area contributed by atoms with Crippen LogP contribution in [-0.2, 0) is 16.6 Å². The molecule has 1 saturated carbocycles. The maximum absolute atomic E-state index is 12.6. The molecule has 1 aromatic heterocycles. The summed E-state index contributed by atoms with van der Waals surface area (Å²) in [6.45, 7) is 2.84. The Bertz CT molecular complexity index is 1330. The number of nitrogens with zero attached hydrogens (tertiary/aromatic N) is 2. The van der Waals surface area contributed by atoms with Crippen molar-refractivity contribution in [2.24, 2.45) is 5.92 Å². The van der Waals surface area contributed by atoms with Crippen molar-refractivity contribution < 1.29 is 17.9 Å². The molecule has 4 rings (SSSR count). The minimum Gasteiger partial charge on any atom is -0.493 e. The van der Waals surface area contributed by atoms with Gasteiger partial charge in [-0.1, -0.05) is 67.3 Å². The van der Waals surface area contributed by atoms with Gasteiger partial charge in [-0.2, -0.15) is 0 Å². The van der Waals surface area contributed by atoms with Crippen molar-refractivity contribution in [3.05, 3.63) is 87.8 Å². The Hall–Kier alpha value is -3.10. The molecule has 3 aromatic rings. The van der Waals surface area contributed by atoms with Gasteiger partial charge in [0.1, 0.15) is 17.3 Å². The zero-order valence-electron chi connectivity index (χ0n) is 20.2. The van der Waals surface area contributed by atoms with Gasteiger partial charge < -0.3 is 9.30 Å². The Balaban J connectivity index is 1.37. The molecule has 1 heterocycles. The lowest BCUT2D eigenvalue weighted by Gasteiger charge is -2.21. The summed E-state index contributed by atoms with van der Waals surface area (Å²) >= 11 is 6.51. The van der Waals surface area contributed by atoms with E-state index >= 15 is 0 Å². The Kier molecular flexibility index (Phi) is 8.48. The maximum atomic E-state index is 12.6. The highest BCUT2D eigenvalue weighted by molar-refractivity contribution is 7.93. The summed E-state index contributed by atoms with van der Waals surface area (Å²) in [5.41, 5.74) is 1.55. The number of amides is 1. The van der Waals surface area contributed by atoms with Crippen LogP contribution in [0.5, 0.6) is 5.75 Å². The van der Waals surface area contributed by atoms with Crippen molar-refractivity contribution in [2.45, 2.75) is 45.6 Å². The van der Waals surface area contributed by atoms with Crippen molar-refractivity contribution >= 4 is 33.6 Å². The summed E-state index contributed by atoms with van der Waals surface area (Å²) < 4.78 is 34.4. The topological polar surface area (TPSA) is 90.3 Å². The molecule has 1 aliphatic rings. The van der Waals surface area contributed by atoms with Gasteiger partial charge in [0.15, 0.2) is 0 Å². The Morgan fingerprint density at radius 3 is 2.64 bits per heavy atom. The molecule has 0 unspecified atom stereocenters. The summed E-state index contributed by atoms with van der Waals surface area (Å²) in [6.07, 6.45) is 9.23. The molecule has 0 atom stereocenters. The summed E-state index contributed by atoms with van der Waals surface area (Å²) in [7, 11) is -3.98. The van der Waals surface area contributed by atoms with Crippen molar-refractivity contribution in [3.63, 3.8) is 0 Å². The molecule has 0 saturated heterocycles. The molecule has 0 spiro atoms. The first-order valence-corrected chi connectivity index (χ1v) is 14.0. The summed E-state index contributed by atoms with van der Waals surface area (Å²) in [5.74, 6) is 1.11. The number of ether oxygens (including phenoxy) is 1. The first-order chi connectivity index (χ1) is 17.3. The van der Waals surface area contributed by atoms with E-state index in [-0.39, 0.29) is 5.69 Å². The number of hydrogen-bond acceptors (Lipinski definition) is 5. The molecule has 1 fully saturated rings. The molecule has 9 heteroatoms. The number of carbonyl (C=O) groups is 1. The number of carbonyl (C=O) groups excluding carboxylic acids is 1. The summed E-state index contributed by atoms with van der Waals surface area (Å²) in [5, 5.41) is 1.52. The number of aryl methyl sites for hydroxylation is 1. The molecule has 1 aliphatic carbocycles. The lowest BCUT2D eigenvalue weighted by Crippen LogP contribution is -2.29. The van der Waals surface area contributed by atoms with E-state index in [1.54, 1.807) is 35.8 Å². The zero-order valence-corrected chi connectivity index (χ0v) is 21.8. The molecular formula is C27H30ClN3O4S. The minimum absolute atomic E-state index is 0.00717. The van der Waals surface area contributed by atoms with Gasteiger partial charge >= 0.3 is 0 Å². The monoisotopic (exact) mass is 527 g/mol. The van der Waals surface area contributed by atoms with Crippen LogP contribution in [0.15, 0.2) is 60.1 Å². The number of sulfonamides is 1. The average Bonchev–Trinajstić information content (AvgIpc) is 3.24. The Labute approximate surface area is 217 Å². The summed E-state index contributed by atoms with van der Waals surface area (Å²) in [6, 6.07) is 14.6. The molecular weight excluding hydrogens is 498 g/mol. The first kappa shape index (κ1) is 26.0. The van der Waals surface area contributed by atoms with Crippen molar-refractivity contribution in [1.82, 2.24) is 14.3 Å². The lowest BCUT2D eigenvalue weighted by atomic mass is 9.90. The Morgan fingerprint density at radius 2 is 1.92 bits per heavy atom. The van der Waals surface area contributed by atoms with Crippen LogP contribution in [0.1, 0.15) is 59.5 Å². The van der Waals surface area contributed by atoms with Crippen LogP contribution in [0.3, 0.4) is 0 Å². The zero-order chi connectivity index (χ0) is 25.5. The van der Waals surface area contributed by atoms with E-state index in [0.29, 0.717) is 35.5 Å². The SMILES string of the molecule is Cc1nc(C(=O)NS(=O)(=O)C=Cc2ccccc2)cn1Cc1ccc(OCC2CCCCC2)cc1Cl. The third-order valence-electron chi connectivity index (χ3n) is 6.26. The predicted octanol–water partition coefficient (Wildman–Crippen LogP) is 5.58. The highest BCUT2D eigenvalue weighted by Gasteiger charge is 2.18. The van der Waals surface area contributed by atoms with Gasteiger partial charge in [-0.05, 0) is 55.0 Å². The number of benzene rings is 2. The van der Waals surface area contributed by atoms with Gasteiger partial charge in [-0.15, -0.1) is 0 Å². The van der Waals surface area contributed by atoms with Gasteiger partial charge in [0.2, 0.25) is 0 Å². The van der Waals surface area contributed by atoms with Gasteiger partial charge in [0.25, 0.3) is 15.9 Å². The van der Waals surface area contributed by atoms with Gasteiger partial charge in [-0.3, -0.25) is 4.79 Å². The molecule has 2 aromatic carbocycles. The van der Waals surface area contributed by atoms with E-state index in [0.717, 1.165) is 16.7 Å². The lowest BCUT2D eigenvalue weighted by molar-refractivity contribution is 0.0977. The smallest absolute Gasteiger partial charge is 0.285 e. The van der Waals surface area contributed by atoms with E-state index in [1.165, 1.54) is 44.4 Å². The highest BCUT2D eigenvalue weighted by atomic mass is 35.5. The fourth-order valence-electron chi connectivity index (χ4n) is 4.22. The maximum Gasteiger partial charge on any atom is 0.285 e. The van der Waals surface area contributed by atoms with Crippen LogP contribution in [0.25, 0.3) is 6.08 Å². The number of aromatic nitrogens is 2. The predicted molar refractivity (Wildman–Crippen MR) is 141 cm³/mol.